The molecule has 0 fully saturated rings. The van der Waals surface area contributed by atoms with Crippen molar-refractivity contribution < 1.29 is 23.1 Å². The van der Waals surface area contributed by atoms with Gasteiger partial charge in [-0.3, -0.25) is 9.59 Å². The molecule has 0 heterocycles. The molecule has 0 aliphatic carbocycles. The Morgan fingerprint density at radius 1 is 1.28 bits per heavy atom. The molecule has 0 aromatic heterocycles. The van der Waals surface area contributed by atoms with Crippen molar-refractivity contribution in [1.82, 2.24) is 4.31 Å². The molecule has 0 rings (SSSR count). The fourth-order valence-electron chi connectivity index (χ4n) is 1.30. The van der Waals surface area contributed by atoms with E-state index < -0.39 is 39.5 Å². The number of carboxylic acids is 1. The molecule has 6 nitrogen and oxygen atoms in total. The zero-order valence-electron chi connectivity index (χ0n) is 10.4. The van der Waals surface area contributed by atoms with Crippen molar-refractivity contribution in [3.8, 4) is 0 Å². The fourth-order valence-corrected chi connectivity index (χ4v) is 3.21. The Labute approximate surface area is 112 Å². The predicted molar refractivity (Wildman–Crippen MR) is 67.7 cm³/mol. The highest BCUT2D eigenvalue weighted by Gasteiger charge is 2.33. The van der Waals surface area contributed by atoms with Crippen LogP contribution >= 0.6 is 11.6 Å². The highest BCUT2D eigenvalue weighted by molar-refractivity contribution is 8.04. The summed E-state index contributed by atoms with van der Waals surface area (Å²) in [5.74, 6) is -1.21. The topological polar surface area (TPSA) is 91.8 Å². The van der Waals surface area contributed by atoms with Crippen LogP contribution in [-0.4, -0.2) is 41.0 Å². The van der Waals surface area contributed by atoms with Gasteiger partial charge in [0.2, 0.25) is 0 Å². The van der Waals surface area contributed by atoms with Crippen LogP contribution in [0.1, 0.15) is 39.5 Å². The van der Waals surface area contributed by atoms with Gasteiger partial charge in [0.15, 0.2) is 0 Å². The lowest BCUT2D eigenvalue weighted by molar-refractivity contribution is -0.138. The first-order chi connectivity index (χ1) is 8.27. The SMILES string of the molecule is CCCN(C(Cl)CC)S(=O)(=O)C(=O)CCC(=O)O. The highest BCUT2D eigenvalue weighted by atomic mass is 35.5. The fraction of sp³-hybridized carbons (Fsp3) is 0.800. The number of carbonyl (C=O) groups excluding carboxylic acids is 1. The van der Waals surface area contributed by atoms with Gasteiger partial charge in [-0.25, -0.2) is 8.42 Å². The Morgan fingerprint density at radius 3 is 2.22 bits per heavy atom. The summed E-state index contributed by atoms with van der Waals surface area (Å²) in [6.07, 6.45) is -0.149. The van der Waals surface area contributed by atoms with Gasteiger partial charge in [-0.2, -0.15) is 4.31 Å². The summed E-state index contributed by atoms with van der Waals surface area (Å²) in [5, 5.41) is 7.34. The highest BCUT2D eigenvalue weighted by Crippen LogP contribution is 2.17. The third-order valence-corrected chi connectivity index (χ3v) is 4.73. The predicted octanol–water partition coefficient (Wildman–Crippen LogP) is 1.39. The van der Waals surface area contributed by atoms with E-state index in [1.54, 1.807) is 13.8 Å². The molecule has 0 aliphatic rings. The Hall–Kier alpha value is -0.660. The van der Waals surface area contributed by atoms with Crippen molar-refractivity contribution in [1.29, 1.82) is 0 Å². The van der Waals surface area contributed by atoms with Crippen molar-refractivity contribution in [3.05, 3.63) is 0 Å². The zero-order chi connectivity index (χ0) is 14.3. The van der Waals surface area contributed by atoms with Crippen LogP contribution < -0.4 is 0 Å². The summed E-state index contributed by atoms with van der Waals surface area (Å²) < 4.78 is 24.8. The van der Waals surface area contributed by atoms with E-state index in [9.17, 15) is 18.0 Å². The number of halogens is 1. The second-order valence-electron chi connectivity index (χ2n) is 3.72. The lowest BCUT2D eigenvalue weighted by Gasteiger charge is -2.24. The van der Waals surface area contributed by atoms with Gasteiger partial charge in [0.1, 0.15) is 0 Å². The molecule has 0 amide bonds. The number of aliphatic carboxylic acids is 1. The maximum absolute atomic E-state index is 11.9. The standard InChI is InChI=1S/C10H18ClNO5S/c1-3-7-12(8(11)4-2)18(16,17)10(15)6-5-9(13)14/h8H,3-7H2,1-2H3,(H,13,14). The van der Waals surface area contributed by atoms with Crippen LogP contribution in [0.2, 0.25) is 0 Å². The number of carboxylic acid groups (broad SMARTS) is 1. The van der Waals surface area contributed by atoms with Crippen molar-refractivity contribution in [2.24, 2.45) is 0 Å². The average molecular weight is 300 g/mol. The Morgan fingerprint density at radius 2 is 1.83 bits per heavy atom. The van der Waals surface area contributed by atoms with Crippen LogP contribution in [0.4, 0.5) is 0 Å². The van der Waals surface area contributed by atoms with Crippen molar-refractivity contribution in [3.63, 3.8) is 0 Å². The minimum absolute atomic E-state index is 0.142. The summed E-state index contributed by atoms with van der Waals surface area (Å²) in [7, 11) is -4.17. The van der Waals surface area contributed by atoms with E-state index in [2.05, 4.69) is 0 Å². The summed E-state index contributed by atoms with van der Waals surface area (Å²) in [4.78, 5) is 21.9. The zero-order valence-corrected chi connectivity index (χ0v) is 12.0. The average Bonchev–Trinajstić information content (AvgIpc) is 2.31. The number of sulfonamides is 1. The minimum atomic E-state index is -4.17. The summed E-state index contributed by atoms with van der Waals surface area (Å²) in [6.45, 7) is 3.62. The van der Waals surface area contributed by atoms with Crippen LogP contribution in [0.15, 0.2) is 0 Å². The molecule has 0 bridgehead atoms. The van der Waals surface area contributed by atoms with E-state index in [1.165, 1.54) is 0 Å². The molecule has 0 spiro atoms. The molecule has 0 aliphatic heterocycles. The smallest absolute Gasteiger partial charge is 0.303 e. The molecule has 0 saturated heterocycles. The van der Waals surface area contributed by atoms with Crippen molar-refractivity contribution in [2.75, 3.05) is 6.54 Å². The molecule has 106 valence electrons. The molecule has 8 heteroatoms. The quantitative estimate of drug-likeness (QED) is 0.540. The van der Waals surface area contributed by atoms with E-state index >= 15 is 0 Å². The Bertz CT molecular complexity index is 395. The number of rotatable bonds is 8. The number of alkyl halides is 1. The van der Waals surface area contributed by atoms with Gasteiger partial charge < -0.3 is 5.11 Å². The van der Waals surface area contributed by atoms with E-state index in [1.807, 2.05) is 0 Å². The summed E-state index contributed by atoms with van der Waals surface area (Å²) >= 11 is 5.88. The first kappa shape index (κ1) is 17.3. The molecule has 0 aromatic rings. The van der Waals surface area contributed by atoms with Crippen molar-refractivity contribution in [2.45, 2.75) is 45.0 Å². The number of hydrogen-bond acceptors (Lipinski definition) is 4. The van der Waals surface area contributed by atoms with Gasteiger partial charge >= 0.3 is 5.97 Å². The molecule has 0 saturated carbocycles. The molecule has 0 aromatic carbocycles. The van der Waals surface area contributed by atoms with Gasteiger partial charge in [-0.15, -0.1) is 11.6 Å². The molecular weight excluding hydrogens is 282 g/mol. The van der Waals surface area contributed by atoms with Crippen LogP contribution in [0, 0.1) is 0 Å². The monoisotopic (exact) mass is 299 g/mol. The largest absolute Gasteiger partial charge is 0.481 e. The number of carbonyl (C=O) groups is 2. The third kappa shape index (κ3) is 4.91. The van der Waals surface area contributed by atoms with Gasteiger partial charge in [0, 0.05) is 13.0 Å². The minimum Gasteiger partial charge on any atom is -0.481 e. The second-order valence-corrected chi connectivity index (χ2v) is 6.10. The Balaban J connectivity index is 4.94. The normalized spacial score (nSPS) is 13.6. The second kappa shape index (κ2) is 7.70. The lowest BCUT2D eigenvalue weighted by atomic mass is 10.3. The maximum atomic E-state index is 11.9. The van der Waals surface area contributed by atoms with Crippen LogP contribution in [0.5, 0.6) is 0 Å². The maximum Gasteiger partial charge on any atom is 0.303 e. The molecule has 1 atom stereocenters. The van der Waals surface area contributed by atoms with Gasteiger partial charge in [0.05, 0.1) is 11.9 Å². The molecular formula is C10H18ClNO5S. The summed E-state index contributed by atoms with van der Waals surface area (Å²) in [5.41, 5.74) is -0.788. The molecule has 1 unspecified atom stereocenters. The van der Waals surface area contributed by atoms with E-state index in [-0.39, 0.29) is 6.54 Å². The van der Waals surface area contributed by atoms with Crippen molar-refractivity contribution >= 4 is 32.7 Å². The first-order valence-corrected chi connectivity index (χ1v) is 7.55. The van der Waals surface area contributed by atoms with Crippen LogP contribution in [-0.2, 0) is 19.6 Å². The van der Waals surface area contributed by atoms with Gasteiger partial charge in [0.25, 0.3) is 15.1 Å². The van der Waals surface area contributed by atoms with Crippen LogP contribution in [0.3, 0.4) is 0 Å². The molecule has 1 N–H and O–H groups in total. The third-order valence-electron chi connectivity index (χ3n) is 2.23. The van der Waals surface area contributed by atoms with E-state index in [0.717, 1.165) is 4.31 Å². The summed E-state index contributed by atoms with van der Waals surface area (Å²) in [6, 6.07) is 0. The van der Waals surface area contributed by atoms with Gasteiger partial charge in [-0.05, 0) is 12.8 Å². The van der Waals surface area contributed by atoms with Gasteiger partial charge in [-0.1, -0.05) is 13.8 Å². The number of hydrogen-bond donors (Lipinski definition) is 1. The van der Waals surface area contributed by atoms with E-state index in [4.69, 9.17) is 16.7 Å². The first-order valence-electron chi connectivity index (χ1n) is 5.67. The van der Waals surface area contributed by atoms with E-state index in [0.29, 0.717) is 12.8 Å². The molecule has 0 radical (unpaired) electrons. The number of nitrogens with zero attached hydrogens (tertiary/aromatic N) is 1. The lowest BCUT2D eigenvalue weighted by Crippen LogP contribution is -2.41. The van der Waals surface area contributed by atoms with Crippen LogP contribution in [0.25, 0.3) is 0 Å². The molecule has 18 heavy (non-hydrogen) atoms. The Kier molecular flexibility index (Phi) is 7.42.